The molecule has 5 rings (SSSR count). The number of β-amino-alcohol motifs (C(OH)–C–C–N with tert-alkyl or cyclic N) is 1. The predicted molar refractivity (Wildman–Crippen MR) is 128 cm³/mol. The Balaban J connectivity index is 1.17. The van der Waals surface area contributed by atoms with Gasteiger partial charge in [0.05, 0.1) is 13.1 Å². The number of hydrogen-bond acceptors (Lipinski definition) is 5. The van der Waals surface area contributed by atoms with Crippen molar-refractivity contribution in [3.8, 4) is 11.1 Å². The van der Waals surface area contributed by atoms with Gasteiger partial charge in [0.15, 0.2) is 5.60 Å². The zero-order valence-electron chi connectivity index (χ0n) is 19.5. The average Bonchev–Trinajstić information content (AvgIpc) is 3.15. The molecule has 2 aliphatic carbocycles. The highest BCUT2D eigenvalue weighted by Gasteiger charge is 2.50. The minimum Gasteiger partial charge on any atom is -0.479 e. The molecular formula is C27H30N2O6. The van der Waals surface area contributed by atoms with Crippen molar-refractivity contribution in [2.45, 2.75) is 49.7 Å². The lowest BCUT2D eigenvalue weighted by Crippen LogP contribution is -2.67. The Hall–Kier alpha value is -3.39. The normalized spacial score (nSPS) is 22.5. The molecule has 0 aromatic heterocycles. The first-order valence-electron chi connectivity index (χ1n) is 12.2. The van der Waals surface area contributed by atoms with Gasteiger partial charge in [-0.05, 0) is 41.0 Å². The third-order valence-corrected chi connectivity index (χ3v) is 7.65. The van der Waals surface area contributed by atoms with Crippen molar-refractivity contribution < 1.29 is 29.3 Å². The molecule has 1 aliphatic heterocycles. The Morgan fingerprint density at radius 1 is 0.971 bits per heavy atom. The predicted octanol–water partition coefficient (Wildman–Crippen LogP) is 3.13. The molecule has 0 bridgehead atoms. The van der Waals surface area contributed by atoms with Crippen LogP contribution in [0.5, 0.6) is 0 Å². The molecule has 1 saturated heterocycles. The van der Waals surface area contributed by atoms with Gasteiger partial charge in [0.25, 0.3) is 0 Å². The van der Waals surface area contributed by atoms with Crippen molar-refractivity contribution >= 4 is 18.0 Å². The van der Waals surface area contributed by atoms with E-state index in [9.17, 15) is 19.5 Å². The monoisotopic (exact) mass is 478 g/mol. The van der Waals surface area contributed by atoms with Gasteiger partial charge < -0.3 is 25.2 Å². The number of aliphatic hydroxyl groups is 1. The maximum atomic E-state index is 12.8. The summed E-state index contributed by atoms with van der Waals surface area (Å²) in [6.45, 7) is -0.158. The van der Waals surface area contributed by atoms with Gasteiger partial charge in [-0.15, -0.1) is 0 Å². The van der Waals surface area contributed by atoms with E-state index in [4.69, 9.17) is 9.84 Å². The van der Waals surface area contributed by atoms with Crippen LogP contribution in [0.25, 0.3) is 11.1 Å². The van der Waals surface area contributed by atoms with Gasteiger partial charge in [-0.2, -0.15) is 0 Å². The minimum absolute atomic E-state index is 0.0173. The molecule has 3 aliphatic rings. The van der Waals surface area contributed by atoms with E-state index in [2.05, 4.69) is 29.6 Å². The third kappa shape index (κ3) is 4.50. The quantitative estimate of drug-likeness (QED) is 0.588. The van der Waals surface area contributed by atoms with Gasteiger partial charge in [0.1, 0.15) is 6.61 Å². The maximum absolute atomic E-state index is 12.8. The average molecular weight is 479 g/mol. The second-order valence-corrected chi connectivity index (χ2v) is 9.91. The smallest absolute Gasteiger partial charge is 0.407 e. The van der Waals surface area contributed by atoms with E-state index in [-0.39, 0.29) is 49.9 Å². The lowest BCUT2D eigenvalue weighted by atomic mass is 9.81. The Labute approximate surface area is 203 Å². The second kappa shape index (κ2) is 9.34. The van der Waals surface area contributed by atoms with Crippen molar-refractivity contribution in [1.82, 2.24) is 10.2 Å². The van der Waals surface area contributed by atoms with Crippen molar-refractivity contribution in [3.63, 3.8) is 0 Å². The van der Waals surface area contributed by atoms with E-state index in [1.54, 1.807) is 0 Å². The van der Waals surface area contributed by atoms with Gasteiger partial charge in [-0.25, -0.2) is 9.59 Å². The number of carbonyl (C=O) groups excluding carboxylic acids is 2. The largest absolute Gasteiger partial charge is 0.479 e. The summed E-state index contributed by atoms with van der Waals surface area (Å²) in [5, 5.41) is 21.9. The number of alkyl carbamates (subject to hydrolysis) is 1. The summed E-state index contributed by atoms with van der Waals surface area (Å²) in [6, 6.07) is 16.2. The summed E-state index contributed by atoms with van der Waals surface area (Å²) >= 11 is 0. The van der Waals surface area contributed by atoms with Crippen LogP contribution in [-0.2, 0) is 14.3 Å². The van der Waals surface area contributed by atoms with Crippen LogP contribution in [0.3, 0.4) is 0 Å². The Kier molecular flexibility index (Phi) is 6.23. The van der Waals surface area contributed by atoms with Gasteiger partial charge >= 0.3 is 12.1 Å². The van der Waals surface area contributed by atoms with E-state index < -0.39 is 17.7 Å². The van der Waals surface area contributed by atoms with Crippen LogP contribution in [-0.4, -0.2) is 64.4 Å². The highest BCUT2D eigenvalue weighted by Crippen LogP contribution is 2.44. The summed E-state index contributed by atoms with van der Waals surface area (Å²) in [5.74, 6) is -1.57. The Bertz CT molecular complexity index is 1100. The molecule has 2 amide bonds. The second-order valence-electron chi connectivity index (χ2n) is 9.91. The number of aliphatic carboxylic acids is 1. The number of rotatable bonds is 6. The summed E-state index contributed by atoms with van der Waals surface area (Å²) in [5.41, 5.74) is 2.80. The number of carboxylic acids is 1. The molecule has 2 atom stereocenters. The number of benzene rings is 2. The molecule has 0 spiro atoms. The molecule has 2 unspecified atom stereocenters. The van der Waals surface area contributed by atoms with Crippen LogP contribution in [0.4, 0.5) is 4.79 Å². The fraction of sp³-hybridized carbons (Fsp3) is 0.444. The first-order valence-corrected chi connectivity index (χ1v) is 12.2. The van der Waals surface area contributed by atoms with Crippen LogP contribution >= 0.6 is 0 Å². The lowest BCUT2D eigenvalue weighted by Gasteiger charge is -2.44. The van der Waals surface area contributed by atoms with Crippen LogP contribution in [0.2, 0.25) is 0 Å². The number of hydrogen-bond donors (Lipinski definition) is 3. The van der Waals surface area contributed by atoms with Crippen molar-refractivity contribution in [3.05, 3.63) is 59.7 Å². The summed E-state index contributed by atoms with van der Waals surface area (Å²) in [7, 11) is 0. The van der Waals surface area contributed by atoms with E-state index in [1.165, 1.54) is 16.0 Å². The molecule has 1 heterocycles. The van der Waals surface area contributed by atoms with Gasteiger partial charge in [-0.1, -0.05) is 61.4 Å². The Morgan fingerprint density at radius 2 is 1.57 bits per heavy atom. The molecule has 2 fully saturated rings. The molecule has 8 heteroatoms. The number of amides is 2. The number of nitrogens with one attached hydrogen (secondary N) is 1. The molecule has 35 heavy (non-hydrogen) atoms. The maximum Gasteiger partial charge on any atom is 0.407 e. The van der Waals surface area contributed by atoms with Crippen molar-refractivity contribution in [2.75, 3.05) is 19.7 Å². The van der Waals surface area contributed by atoms with Crippen LogP contribution in [0, 0.1) is 5.92 Å². The van der Waals surface area contributed by atoms with E-state index in [1.807, 2.05) is 24.3 Å². The highest BCUT2D eigenvalue weighted by molar-refractivity contribution is 5.85. The third-order valence-electron chi connectivity index (χ3n) is 7.65. The number of nitrogens with zero attached hydrogens (tertiary/aromatic N) is 1. The summed E-state index contributed by atoms with van der Waals surface area (Å²) in [4.78, 5) is 37.9. The number of fused-ring (bicyclic) bond motifs is 3. The topological polar surface area (TPSA) is 116 Å². The van der Waals surface area contributed by atoms with Crippen molar-refractivity contribution in [1.29, 1.82) is 0 Å². The van der Waals surface area contributed by atoms with Gasteiger partial charge in [0.2, 0.25) is 5.91 Å². The molecule has 1 saturated carbocycles. The Morgan fingerprint density at radius 3 is 2.20 bits per heavy atom. The minimum atomic E-state index is -1.85. The summed E-state index contributed by atoms with van der Waals surface area (Å²) < 4.78 is 5.69. The fourth-order valence-corrected chi connectivity index (χ4v) is 5.68. The van der Waals surface area contributed by atoms with Gasteiger partial charge in [0, 0.05) is 18.4 Å². The molecular weight excluding hydrogens is 448 g/mol. The van der Waals surface area contributed by atoms with E-state index in [0.29, 0.717) is 0 Å². The number of carbonyl (C=O) groups is 3. The van der Waals surface area contributed by atoms with Crippen LogP contribution in [0.1, 0.15) is 49.1 Å². The van der Waals surface area contributed by atoms with Crippen molar-refractivity contribution in [2.24, 2.45) is 5.92 Å². The first kappa shape index (κ1) is 23.4. The molecule has 184 valence electrons. The first-order chi connectivity index (χ1) is 16.9. The molecule has 3 N–H and O–H groups in total. The number of likely N-dealkylation sites (tertiary alicyclic amines) is 1. The zero-order valence-corrected chi connectivity index (χ0v) is 19.5. The highest BCUT2D eigenvalue weighted by atomic mass is 16.5. The molecule has 2 aromatic rings. The number of ether oxygens (including phenoxy) is 1. The molecule has 2 aromatic carbocycles. The van der Waals surface area contributed by atoms with E-state index >= 15 is 0 Å². The van der Waals surface area contributed by atoms with Crippen LogP contribution in [0.15, 0.2) is 48.5 Å². The SMILES string of the molecule is O=C(NC1CCCCC1CC(=O)N1CC(O)(C(=O)O)C1)OCC1c2ccccc2-c2ccccc21. The standard InChI is InChI=1S/C27H30N2O6/c30-24(29-15-27(34,16-29)25(31)32)13-17-7-1-6-12-23(17)28-26(33)35-14-22-20-10-4-2-8-18(20)19-9-3-5-11-21(19)22/h2-5,8-11,17,22-23,34H,1,6-7,12-16H2,(H,28,33)(H,31,32). The van der Waals surface area contributed by atoms with Crippen LogP contribution < -0.4 is 5.32 Å². The molecule has 8 nitrogen and oxygen atoms in total. The molecule has 0 radical (unpaired) electrons. The lowest BCUT2D eigenvalue weighted by molar-refractivity contribution is -0.182. The summed E-state index contributed by atoms with van der Waals surface area (Å²) in [6.07, 6.45) is 3.23. The van der Waals surface area contributed by atoms with Gasteiger partial charge in [-0.3, -0.25) is 4.79 Å². The number of carboxylic acid groups (broad SMARTS) is 1. The zero-order chi connectivity index (χ0) is 24.6. The van der Waals surface area contributed by atoms with E-state index in [0.717, 1.165) is 36.8 Å². The fourth-order valence-electron chi connectivity index (χ4n) is 5.68.